The molecule has 4 aromatic rings. The number of likely N-dealkylation sites (tertiary alicyclic amines) is 1. The van der Waals surface area contributed by atoms with Gasteiger partial charge in [-0.25, -0.2) is 4.79 Å². The Morgan fingerprint density at radius 3 is 2.48 bits per heavy atom. The fraction of sp³-hybridized carbons (Fsp3) is 0.436. The van der Waals surface area contributed by atoms with Gasteiger partial charge in [0.05, 0.1) is 27.9 Å². The average Bonchev–Trinajstić information content (AvgIpc) is 3.59. The van der Waals surface area contributed by atoms with Crippen molar-refractivity contribution < 1.29 is 19.1 Å². The van der Waals surface area contributed by atoms with Gasteiger partial charge in [-0.1, -0.05) is 17.7 Å². The van der Waals surface area contributed by atoms with Crippen LogP contribution in [0.4, 0.5) is 16.3 Å². The number of amides is 4. The Morgan fingerprint density at radius 2 is 1.78 bits per heavy atom. The summed E-state index contributed by atoms with van der Waals surface area (Å²) >= 11 is 6.14. The molecule has 4 fully saturated rings. The maximum absolute atomic E-state index is 13.0. The monoisotopic (exact) mass is 771 g/mol. The quantitative estimate of drug-likeness (QED) is 0.218. The predicted octanol–water partition coefficient (Wildman–Crippen LogP) is 5.72. The SMILES string of the molecule is Cl.N#Cc1ccc(O[C@H]2CC[C@H](NC(=O)c3ccc(N4CC(CN5CCC(n6ccc7c(N8CCC(=O)NC8=O)cccc76)CC5)C4)nn3)CC2)cc1Cl. The lowest BCUT2D eigenvalue weighted by Gasteiger charge is -2.43. The number of nitrogens with one attached hydrogen (secondary N) is 2. The Kier molecular flexibility index (Phi) is 11.2. The molecule has 2 N–H and O–H groups in total. The molecule has 0 atom stereocenters. The van der Waals surface area contributed by atoms with E-state index >= 15 is 0 Å². The summed E-state index contributed by atoms with van der Waals surface area (Å²) < 4.78 is 8.43. The van der Waals surface area contributed by atoms with Crippen molar-refractivity contribution in [3.05, 3.63) is 77.1 Å². The van der Waals surface area contributed by atoms with Crippen LogP contribution in [0.2, 0.25) is 5.02 Å². The van der Waals surface area contributed by atoms with Gasteiger partial charge in [0.25, 0.3) is 5.91 Å². The number of ether oxygens (including phenoxy) is 1. The number of benzene rings is 2. The van der Waals surface area contributed by atoms with Gasteiger partial charge in [-0.05, 0) is 81.0 Å². The van der Waals surface area contributed by atoms with E-state index in [9.17, 15) is 14.4 Å². The van der Waals surface area contributed by atoms with E-state index in [1.165, 1.54) is 0 Å². The maximum Gasteiger partial charge on any atom is 0.328 e. The molecule has 2 aromatic carbocycles. The zero-order valence-electron chi connectivity index (χ0n) is 29.8. The van der Waals surface area contributed by atoms with Crippen LogP contribution in [0.25, 0.3) is 10.9 Å². The highest BCUT2D eigenvalue weighted by molar-refractivity contribution is 6.31. The molecule has 4 amide bonds. The van der Waals surface area contributed by atoms with Crippen molar-refractivity contribution in [3.63, 3.8) is 0 Å². The standard InChI is InChI=1S/C39H42ClN9O4.ClH/c40-32-20-30(7-4-26(32)21-41)53-29-8-5-27(6-9-29)42-38(51)33-10-11-36(45-44-33)47-23-25(24-47)22-46-16-12-28(13-17-46)48-18-14-31-34(48)2-1-3-35(31)49-19-15-37(50)43-39(49)52;/h1-4,7,10-11,14,18,20,25,27-29H,5-6,8-9,12-13,15-17,19,22-24H2,(H,42,51)(H,43,50,52);1H/t27-,29-;. The molecule has 5 heterocycles. The Hall–Kier alpha value is -4.90. The van der Waals surface area contributed by atoms with Gasteiger partial charge in [0.2, 0.25) is 5.91 Å². The van der Waals surface area contributed by atoms with Crippen LogP contribution in [0.5, 0.6) is 5.75 Å². The number of hydrogen-bond donors (Lipinski definition) is 2. The summed E-state index contributed by atoms with van der Waals surface area (Å²) in [5, 5.41) is 24.7. The number of nitriles is 1. The largest absolute Gasteiger partial charge is 0.490 e. The van der Waals surface area contributed by atoms with Gasteiger partial charge >= 0.3 is 6.03 Å². The number of nitrogens with zero attached hydrogens (tertiary/aromatic N) is 7. The van der Waals surface area contributed by atoms with E-state index in [-0.39, 0.29) is 42.4 Å². The van der Waals surface area contributed by atoms with Crippen LogP contribution in [0, 0.1) is 17.2 Å². The van der Waals surface area contributed by atoms with Gasteiger partial charge < -0.3 is 24.4 Å². The maximum atomic E-state index is 13.0. The summed E-state index contributed by atoms with van der Waals surface area (Å²) in [4.78, 5) is 43.6. The van der Waals surface area contributed by atoms with Gasteiger partial charge in [0.15, 0.2) is 11.5 Å². The van der Waals surface area contributed by atoms with E-state index < -0.39 is 0 Å². The van der Waals surface area contributed by atoms with E-state index in [0.29, 0.717) is 47.0 Å². The molecule has 0 radical (unpaired) electrons. The zero-order chi connectivity index (χ0) is 36.5. The Bertz CT molecular complexity index is 2050. The Labute approximate surface area is 325 Å². The first-order valence-electron chi connectivity index (χ1n) is 18.5. The molecule has 15 heteroatoms. The summed E-state index contributed by atoms with van der Waals surface area (Å²) in [6.07, 6.45) is 7.80. The number of aromatic nitrogens is 3. The highest BCUT2D eigenvalue weighted by Gasteiger charge is 2.32. The zero-order valence-corrected chi connectivity index (χ0v) is 31.4. The number of halogens is 2. The van der Waals surface area contributed by atoms with Crippen LogP contribution in [-0.2, 0) is 4.79 Å². The lowest BCUT2D eigenvalue weighted by atomic mass is 9.92. The molecule has 3 saturated heterocycles. The molecular formula is C39H43Cl2N9O4. The second-order valence-corrected chi connectivity index (χ2v) is 15.0. The molecule has 1 saturated carbocycles. The van der Waals surface area contributed by atoms with Crippen LogP contribution < -0.4 is 25.2 Å². The molecule has 13 nitrogen and oxygen atoms in total. The third-order valence-corrected chi connectivity index (χ3v) is 11.4. The van der Waals surface area contributed by atoms with E-state index in [1.807, 2.05) is 18.2 Å². The van der Waals surface area contributed by atoms with Crippen molar-refractivity contribution >= 4 is 64.3 Å². The number of imide groups is 1. The van der Waals surface area contributed by atoms with E-state index in [1.54, 1.807) is 29.2 Å². The molecule has 54 heavy (non-hydrogen) atoms. The Balaban J connectivity index is 0.00000450. The van der Waals surface area contributed by atoms with Crippen LogP contribution in [-0.4, -0.2) is 88.9 Å². The summed E-state index contributed by atoms with van der Waals surface area (Å²) in [6.45, 7) is 5.33. The van der Waals surface area contributed by atoms with Gasteiger partial charge in [-0.3, -0.25) is 19.8 Å². The van der Waals surface area contributed by atoms with Gasteiger partial charge in [-0.2, -0.15) is 5.26 Å². The topological polar surface area (TPSA) is 149 Å². The molecule has 2 aromatic heterocycles. The lowest BCUT2D eigenvalue weighted by molar-refractivity contribution is -0.120. The Morgan fingerprint density at radius 1 is 0.981 bits per heavy atom. The van der Waals surface area contributed by atoms with Gasteiger partial charge in [0, 0.05) is 81.3 Å². The summed E-state index contributed by atoms with van der Waals surface area (Å²) in [5.41, 5.74) is 2.70. The predicted molar refractivity (Wildman–Crippen MR) is 207 cm³/mol. The molecule has 4 aliphatic rings. The third-order valence-electron chi connectivity index (χ3n) is 11.1. The fourth-order valence-electron chi connectivity index (χ4n) is 8.19. The van der Waals surface area contributed by atoms with Crippen LogP contribution >= 0.6 is 24.0 Å². The normalized spacial score (nSPS) is 21.2. The van der Waals surface area contributed by atoms with E-state index in [0.717, 1.165) is 93.7 Å². The number of rotatable bonds is 9. The number of carbonyl (C=O) groups excluding carboxylic acids is 3. The molecule has 3 aliphatic heterocycles. The minimum absolute atomic E-state index is 0. The first-order valence-corrected chi connectivity index (χ1v) is 18.9. The molecule has 282 valence electrons. The molecular weight excluding hydrogens is 729 g/mol. The van der Waals surface area contributed by atoms with Gasteiger partial charge in [0.1, 0.15) is 11.8 Å². The van der Waals surface area contributed by atoms with Crippen LogP contribution in [0.1, 0.15) is 67.0 Å². The van der Waals surface area contributed by atoms with Crippen molar-refractivity contribution in [2.45, 2.75) is 63.1 Å². The van der Waals surface area contributed by atoms with Crippen LogP contribution in [0.3, 0.4) is 0 Å². The molecule has 0 spiro atoms. The van der Waals surface area contributed by atoms with Crippen molar-refractivity contribution in [2.75, 3.05) is 49.1 Å². The fourth-order valence-corrected chi connectivity index (χ4v) is 8.40. The highest BCUT2D eigenvalue weighted by atomic mass is 35.5. The average molecular weight is 773 g/mol. The number of piperidine rings is 1. The number of anilines is 2. The molecule has 0 unspecified atom stereocenters. The van der Waals surface area contributed by atoms with Crippen molar-refractivity contribution in [3.8, 4) is 11.8 Å². The van der Waals surface area contributed by atoms with E-state index in [4.69, 9.17) is 21.6 Å². The second kappa shape index (κ2) is 16.2. The summed E-state index contributed by atoms with van der Waals surface area (Å²) in [7, 11) is 0. The summed E-state index contributed by atoms with van der Waals surface area (Å²) in [6, 6.07) is 19.0. The van der Waals surface area contributed by atoms with Gasteiger partial charge in [-0.15, -0.1) is 22.6 Å². The minimum Gasteiger partial charge on any atom is -0.490 e. The lowest BCUT2D eigenvalue weighted by Crippen LogP contribution is -2.53. The smallest absolute Gasteiger partial charge is 0.328 e. The number of carbonyl (C=O) groups is 3. The minimum atomic E-state index is -0.359. The third kappa shape index (κ3) is 7.97. The highest BCUT2D eigenvalue weighted by Crippen LogP contribution is 2.34. The van der Waals surface area contributed by atoms with Crippen LogP contribution in [0.15, 0.2) is 60.8 Å². The number of urea groups is 1. The second-order valence-electron chi connectivity index (χ2n) is 14.6. The first kappa shape index (κ1) is 37.4. The van der Waals surface area contributed by atoms with Crippen molar-refractivity contribution in [1.29, 1.82) is 5.26 Å². The molecule has 8 rings (SSSR count). The number of hydrogen-bond acceptors (Lipinski definition) is 9. The van der Waals surface area contributed by atoms with E-state index in [2.05, 4.69) is 59.6 Å². The molecule has 0 bridgehead atoms. The summed E-state index contributed by atoms with van der Waals surface area (Å²) in [5.74, 6) is 1.56. The number of fused-ring (bicyclic) bond motifs is 1. The van der Waals surface area contributed by atoms with Crippen molar-refractivity contribution in [2.24, 2.45) is 5.92 Å². The first-order chi connectivity index (χ1) is 25.8. The molecule has 1 aliphatic carbocycles. The van der Waals surface area contributed by atoms with Crippen molar-refractivity contribution in [1.82, 2.24) is 30.3 Å².